The molecule has 106 valence electrons. The molecule has 1 N–H and O–H groups in total. The van der Waals surface area contributed by atoms with Crippen molar-refractivity contribution in [1.82, 2.24) is 9.78 Å². The zero-order valence-electron chi connectivity index (χ0n) is 11.2. The van der Waals surface area contributed by atoms with Crippen molar-refractivity contribution in [3.05, 3.63) is 45.6 Å². The van der Waals surface area contributed by atoms with E-state index in [1.54, 1.807) is 38.2 Å². The third kappa shape index (κ3) is 2.77. The molecule has 0 unspecified atom stereocenters. The summed E-state index contributed by atoms with van der Waals surface area (Å²) in [6.45, 7) is 1.64. The van der Waals surface area contributed by atoms with Crippen LogP contribution in [-0.4, -0.2) is 26.4 Å². The Balaban J connectivity index is 2.28. The van der Waals surface area contributed by atoms with Crippen LogP contribution in [-0.2, 0) is 13.5 Å². The smallest absolute Gasteiger partial charge is 0.353 e. The number of aliphatic hydroxyl groups is 1. The molecule has 0 atom stereocenters. The number of nitro groups is 1. The summed E-state index contributed by atoms with van der Waals surface area (Å²) in [7, 11) is 1.59. The standard InChI is InChI=1S/C13H15N3O4/c1-9-12(16(18)19)13(15(2)14-9)20-11-5-3-10(4-6-11)7-8-17/h3-6,17H,7-8H2,1-2H3. The number of aliphatic hydroxyl groups excluding tert-OH is 1. The van der Waals surface area contributed by atoms with Crippen molar-refractivity contribution in [1.29, 1.82) is 0 Å². The number of rotatable bonds is 5. The Kier molecular flexibility index (Phi) is 3.99. The minimum absolute atomic E-state index is 0.0760. The molecule has 0 fully saturated rings. The zero-order chi connectivity index (χ0) is 14.7. The van der Waals surface area contributed by atoms with Crippen molar-refractivity contribution >= 4 is 5.69 Å². The van der Waals surface area contributed by atoms with Gasteiger partial charge in [-0.25, -0.2) is 4.68 Å². The topological polar surface area (TPSA) is 90.4 Å². The van der Waals surface area contributed by atoms with Crippen molar-refractivity contribution < 1.29 is 14.8 Å². The summed E-state index contributed by atoms with van der Waals surface area (Å²) in [5.41, 5.74) is 1.15. The van der Waals surface area contributed by atoms with Gasteiger partial charge in [0.1, 0.15) is 11.4 Å². The van der Waals surface area contributed by atoms with Gasteiger partial charge in [-0.15, -0.1) is 0 Å². The molecule has 0 radical (unpaired) electrons. The van der Waals surface area contributed by atoms with Gasteiger partial charge in [0.25, 0.3) is 5.88 Å². The molecule has 0 saturated heterocycles. The average Bonchev–Trinajstić information content (AvgIpc) is 2.67. The lowest BCUT2D eigenvalue weighted by Crippen LogP contribution is -1.98. The van der Waals surface area contributed by atoms with Crippen LogP contribution in [0.2, 0.25) is 0 Å². The summed E-state index contributed by atoms with van der Waals surface area (Å²) in [5.74, 6) is 0.584. The minimum Gasteiger partial charge on any atom is -0.434 e. The van der Waals surface area contributed by atoms with Crippen molar-refractivity contribution in [2.24, 2.45) is 7.05 Å². The fourth-order valence-electron chi connectivity index (χ4n) is 1.92. The van der Waals surface area contributed by atoms with Crippen molar-refractivity contribution in [3.63, 3.8) is 0 Å². The first-order valence-electron chi connectivity index (χ1n) is 6.08. The molecular weight excluding hydrogens is 262 g/mol. The predicted octanol–water partition coefficient (Wildman–Crippen LogP) is 1.96. The van der Waals surface area contributed by atoms with Gasteiger partial charge in [0.2, 0.25) is 0 Å². The van der Waals surface area contributed by atoms with Gasteiger partial charge in [-0.05, 0) is 31.0 Å². The van der Waals surface area contributed by atoms with Gasteiger partial charge in [0.05, 0.1) is 4.92 Å². The van der Waals surface area contributed by atoms with Crippen LogP contribution in [0.25, 0.3) is 0 Å². The highest BCUT2D eigenvalue weighted by Gasteiger charge is 2.26. The molecule has 0 amide bonds. The van der Waals surface area contributed by atoms with E-state index in [2.05, 4.69) is 5.10 Å². The van der Waals surface area contributed by atoms with Crippen LogP contribution in [0.5, 0.6) is 11.6 Å². The van der Waals surface area contributed by atoms with Gasteiger partial charge in [0.15, 0.2) is 0 Å². The predicted molar refractivity (Wildman–Crippen MR) is 71.9 cm³/mol. The van der Waals surface area contributed by atoms with Crippen LogP contribution in [0.4, 0.5) is 5.69 Å². The molecule has 7 nitrogen and oxygen atoms in total. The summed E-state index contributed by atoms with van der Waals surface area (Å²) in [4.78, 5) is 10.5. The van der Waals surface area contributed by atoms with Crippen molar-refractivity contribution in [2.45, 2.75) is 13.3 Å². The molecule has 1 aromatic carbocycles. The summed E-state index contributed by atoms with van der Waals surface area (Å²) < 4.78 is 6.89. The first-order valence-corrected chi connectivity index (χ1v) is 6.08. The number of nitrogens with zero attached hydrogens (tertiary/aromatic N) is 3. The Hall–Kier alpha value is -2.41. The van der Waals surface area contributed by atoms with Gasteiger partial charge in [0, 0.05) is 13.7 Å². The van der Waals surface area contributed by atoms with Crippen LogP contribution < -0.4 is 4.74 Å². The van der Waals surface area contributed by atoms with E-state index in [1.165, 1.54) is 4.68 Å². The van der Waals surface area contributed by atoms with Crippen LogP contribution in [0.1, 0.15) is 11.3 Å². The molecule has 0 spiro atoms. The lowest BCUT2D eigenvalue weighted by molar-refractivity contribution is -0.386. The molecule has 7 heteroatoms. The average molecular weight is 277 g/mol. The highest BCUT2D eigenvalue weighted by molar-refractivity contribution is 5.47. The van der Waals surface area contributed by atoms with E-state index in [-0.39, 0.29) is 18.2 Å². The Labute approximate surface area is 115 Å². The van der Waals surface area contributed by atoms with Gasteiger partial charge < -0.3 is 9.84 Å². The molecule has 0 aliphatic carbocycles. The molecule has 2 aromatic rings. The van der Waals surface area contributed by atoms with Gasteiger partial charge in [-0.2, -0.15) is 5.10 Å². The molecule has 0 bridgehead atoms. The van der Waals surface area contributed by atoms with Crippen LogP contribution >= 0.6 is 0 Å². The number of hydrogen-bond acceptors (Lipinski definition) is 5. The molecule has 1 heterocycles. The molecule has 2 rings (SSSR count). The lowest BCUT2D eigenvalue weighted by atomic mass is 10.1. The van der Waals surface area contributed by atoms with E-state index in [9.17, 15) is 10.1 Å². The Morgan fingerprint density at radius 2 is 2.05 bits per heavy atom. The normalized spacial score (nSPS) is 10.6. The highest BCUT2D eigenvalue weighted by Crippen LogP contribution is 2.33. The molecular formula is C13H15N3O4. The first-order chi connectivity index (χ1) is 9.52. The largest absolute Gasteiger partial charge is 0.434 e. The Bertz CT molecular complexity index is 619. The van der Waals surface area contributed by atoms with E-state index in [0.717, 1.165) is 5.56 Å². The number of aromatic nitrogens is 2. The van der Waals surface area contributed by atoms with Gasteiger partial charge >= 0.3 is 5.69 Å². The van der Waals surface area contributed by atoms with E-state index < -0.39 is 4.92 Å². The number of aryl methyl sites for hydroxylation is 2. The Morgan fingerprint density at radius 3 is 2.60 bits per heavy atom. The quantitative estimate of drug-likeness (QED) is 0.666. The third-order valence-corrected chi connectivity index (χ3v) is 2.86. The van der Waals surface area contributed by atoms with E-state index in [4.69, 9.17) is 9.84 Å². The highest BCUT2D eigenvalue weighted by atomic mass is 16.6. The Morgan fingerprint density at radius 1 is 1.40 bits per heavy atom. The number of hydrogen-bond donors (Lipinski definition) is 1. The summed E-state index contributed by atoms with van der Waals surface area (Å²) >= 11 is 0. The molecule has 0 saturated carbocycles. The maximum Gasteiger partial charge on any atom is 0.353 e. The van der Waals surface area contributed by atoms with E-state index >= 15 is 0 Å². The van der Waals surface area contributed by atoms with Crippen molar-refractivity contribution in [2.75, 3.05) is 6.61 Å². The third-order valence-electron chi connectivity index (χ3n) is 2.86. The molecule has 1 aromatic heterocycles. The SMILES string of the molecule is Cc1nn(C)c(Oc2ccc(CCO)cc2)c1[N+](=O)[O-]. The fraction of sp³-hybridized carbons (Fsp3) is 0.308. The summed E-state index contributed by atoms with van der Waals surface area (Å²) in [6.07, 6.45) is 0.561. The van der Waals surface area contributed by atoms with E-state index in [0.29, 0.717) is 17.9 Å². The maximum atomic E-state index is 11.0. The molecule has 0 aliphatic heterocycles. The van der Waals surface area contributed by atoms with Gasteiger partial charge in [-0.3, -0.25) is 10.1 Å². The second-order valence-corrected chi connectivity index (χ2v) is 4.34. The zero-order valence-corrected chi connectivity index (χ0v) is 11.2. The first kappa shape index (κ1) is 14.0. The lowest BCUT2D eigenvalue weighted by Gasteiger charge is -2.06. The summed E-state index contributed by atoms with van der Waals surface area (Å²) in [5, 5.41) is 23.9. The molecule has 0 aliphatic rings. The van der Waals surface area contributed by atoms with Crippen LogP contribution in [0.15, 0.2) is 24.3 Å². The van der Waals surface area contributed by atoms with Crippen LogP contribution in [0.3, 0.4) is 0 Å². The van der Waals surface area contributed by atoms with E-state index in [1.807, 2.05) is 0 Å². The van der Waals surface area contributed by atoms with Gasteiger partial charge in [-0.1, -0.05) is 12.1 Å². The second-order valence-electron chi connectivity index (χ2n) is 4.34. The summed E-state index contributed by atoms with van der Waals surface area (Å²) in [6, 6.07) is 7.02. The van der Waals surface area contributed by atoms with Crippen molar-refractivity contribution in [3.8, 4) is 11.6 Å². The second kappa shape index (κ2) is 5.70. The van der Waals surface area contributed by atoms with Crippen LogP contribution in [0, 0.1) is 17.0 Å². The maximum absolute atomic E-state index is 11.0. The number of benzene rings is 1. The number of ether oxygens (including phenoxy) is 1. The molecule has 20 heavy (non-hydrogen) atoms. The monoisotopic (exact) mass is 277 g/mol. The minimum atomic E-state index is -0.502. The fourth-order valence-corrected chi connectivity index (χ4v) is 1.92.